The predicted octanol–water partition coefficient (Wildman–Crippen LogP) is 3.01. The first-order valence-corrected chi connectivity index (χ1v) is 22.8. The maximum atomic E-state index is 14.8. The summed E-state index contributed by atoms with van der Waals surface area (Å²) >= 11 is 0. The molecule has 10 N–H and O–H groups in total. The van der Waals surface area contributed by atoms with Gasteiger partial charge in [0, 0.05) is 30.2 Å². The summed E-state index contributed by atoms with van der Waals surface area (Å²) in [5.41, 5.74) is 22.5. The fourth-order valence-electron chi connectivity index (χ4n) is 7.85. The van der Waals surface area contributed by atoms with Crippen LogP contribution in [0.1, 0.15) is 91.4 Å². The molecule has 4 atom stereocenters. The van der Waals surface area contributed by atoms with Crippen molar-refractivity contribution in [3.63, 3.8) is 0 Å². The van der Waals surface area contributed by atoms with Crippen LogP contribution in [0.5, 0.6) is 11.5 Å². The van der Waals surface area contributed by atoms with E-state index in [-0.39, 0.29) is 50.1 Å². The second kappa shape index (κ2) is 23.7. The number of hydrogen-bond donors (Lipinski definition) is 7. The fraction of sp³-hybridized carbons (Fsp3) is 0.440. The molecule has 0 fully saturated rings. The van der Waals surface area contributed by atoms with Crippen molar-refractivity contribution in [2.24, 2.45) is 17.2 Å². The van der Waals surface area contributed by atoms with Crippen LogP contribution in [0.3, 0.4) is 0 Å². The minimum atomic E-state index is -1.40. The molecule has 3 aromatic carbocycles. The van der Waals surface area contributed by atoms with Gasteiger partial charge in [0.05, 0.1) is 36.2 Å². The molecule has 5 rings (SSSR count). The third-order valence-corrected chi connectivity index (χ3v) is 11.6. The Kier molecular flexibility index (Phi) is 18.1. The molecular weight excluding hydrogens is 867 g/mol. The normalized spacial score (nSPS) is 16.5. The minimum Gasteiger partial charge on any atom is -0.493 e. The highest BCUT2D eigenvalue weighted by molar-refractivity contribution is 6.00. The highest BCUT2D eigenvalue weighted by atomic mass is 16.5. The van der Waals surface area contributed by atoms with Gasteiger partial charge in [0.1, 0.15) is 42.2 Å². The zero-order valence-corrected chi connectivity index (χ0v) is 40.0. The summed E-state index contributed by atoms with van der Waals surface area (Å²) < 4.78 is 12.5. The zero-order valence-electron chi connectivity index (χ0n) is 40.0. The van der Waals surface area contributed by atoms with Crippen molar-refractivity contribution in [1.82, 2.24) is 36.1 Å². The number of aryl methyl sites for hydroxylation is 2. The maximum Gasteiger partial charge on any atom is 0.255 e. The Hall–Kier alpha value is -6.94. The van der Waals surface area contributed by atoms with Gasteiger partial charge in [-0.15, -0.1) is 0 Å². The van der Waals surface area contributed by atoms with Gasteiger partial charge in [0.2, 0.25) is 23.6 Å². The summed E-state index contributed by atoms with van der Waals surface area (Å²) in [4.78, 5) is 81.4. The topological polar surface area (TPSA) is 283 Å². The molecule has 1 aromatic heterocycles. The largest absolute Gasteiger partial charge is 0.493 e. The van der Waals surface area contributed by atoms with Crippen LogP contribution in [0.25, 0.3) is 22.5 Å². The lowest BCUT2D eigenvalue weighted by Crippen LogP contribution is -2.56. The monoisotopic (exact) mass is 932 g/mol. The van der Waals surface area contributed by atoms with E-state index >= 15 is 0 Å². The van der Waals surface area contributed by atoms with Crippen LogP contribution < -0.4 is 47.9 Å². The van der Waals surface area contributed by atoms with Gasteiger partial charge in [0.25, 0.3) is 5.91 Å². The molecule has 2 heterocycles. The van der Waals surface area contributed by atoms with E-state index in [1.54, 1.807) is 50.2 Å². The maximum absolute atomic E-state index is 14.8. The molecule has 1 aliphatic rings. The van der Waals surface area contributed by atoms with Crippen LogP contribution in [0.2, 0.25) is 0 Å². The Morgan fingerprint density at radius 3 is 2.04 bits per heavy atom. The third-order valence-electron chi connectivity index (χ3n) is 11.6. The molecule has 0 spiro atoms. The molecule has 5 amide bonds. The SMILES string of the molecule is Cc1nc(-c2ccc(C(C)(C)C)cc2)nc(C)c1C(=O)NC(CCN)C(=O)N(C)[C@@H]1C(=O)N[C@@H](C)C(=O)N[C@H](C(=O)NCC#N)Cc2ccc(OCCCN)c(c2)-c2cc1ccc2OCCCN. The highest BCUT2D eigenvalue weighted by Gasteiger charge is 2.36. The number of carbonyl (C=O) groups excluding carboxylic acids is 5. The molecule has 4 bridgehead atoms. The van der Waals surface area contributed by atoms with E-state index in [1.807, 2.05) is 30.3 Å². The van der Waals surface area contributed by atoms with Gasteiger partial charge in [-0.1, -0.05) is 57.2 Å². The lowest BCUT2D eigenvalue weighted by atomic mass is 9.86. The average molecular weight is 932 g/mol. The smallest absolute Gasteiger partial charge is 0.255 e. The number of nitrogens with one attached hydrogen (secondary N) is 4. The van der Waals surface area contributed by atoms with Crippen LogP contribution in [0.15, 0.2) is 60.7 Å². The molecule has 0 radical (unpaired) electrons. The summed E-state index contributed by atoms with van der Waals surface area (Å²) in [5, 5.41) is 20.0. The molecule has 1 unspecified atom stereocenters. The summed E-state index contributed by atoms with van der Waals surface area (Å²) in [5.74, 6) is -2.00. The van der Waals surface area contributed by atoms with Crippen LogP contribution in [0, 0.1) is 25.2 Å². The number of fused-ring (bicyclic) bond motifs is 5. The molecule has 18 nitrogen and oxygen atoms in total. The highest BCUT2D eigenvalue weighted by Crippen LogP contribution is 2.40. The number of benzene rings is 3. The summed E-state index contributed by atoms with van der Waals surface area (Å²) in [6.07, 6.45) is 1.10. The van der Waals surface area contributed by atoms with E-state index in [2.05, 4.69) is 52.0 Å². The number of nitrogens with zero attached hydrogens (tertiary/aromatic N) is 4. The van der Waals surface area contributed by atoms with Crippen molar-refractivity contribution in [2.75, 3.05) is 46.4 Å². The standard InChI is InChI=1S/C50H65N11O7/c1-29-42(30(2)57-44(56-29)33-11-14-35(15-12-33)50(4,5)6)47(64)59-38(18-21-53)49(66)61(7)43-34-13-17-41(68-25-9-20-52)37(28-34)36-26-32(10-16-40(36)67-24-8-19-51)27-39(46(63)55-23-22-54)60-45(62)31(3)58-48(43)65/h10-17,26,28,31,38-39,43H,8-9,18-21,23-25,27,51-53H2,1-7H3,(H,55,63)(H,58,65)(H,59,64)(H,60,62)/t31-,38?,39-,43-/m0/s1. The fourth-order valence-corrected chi connectivity index (χ4v) is 7.85. The van der Waals surface area contributed by atoms with Gasteiger partial charge in [-0.25, -0.2) is 9.97 Å². The van der Waals surface area contributed by atoms with Crippen LogP contribution in [-0.2, 0) is 31.0 Å². The van der Waals surface area contributed by atoms with Crippen molar-refractivity contribution < 1.29 is 33.4 Å². The van der Waals surface area contributed by atoms with Gasteiger partial charge in [-0.3, -0.25) is 24.0 Å². The van der Waals surface area contributed by atoms with Gasteiger partial charge >= 0.3 is 0 Å². The second-order valence-corrected chi connectivity index (χ2v) is 17.8. The van der Waals surface area contributed by atoms with E-state index < -0.39 is 53.7 Å². The van der Waals surface area contributed by atoms with Crippen molar-refractivity contribution >= 4 is 29.5 Å². The molecule has 0 saturated carbocycles. The van der Waals surface area contributed by atoms with E-state index in [0.29, 0.717) is 76.9 Å². The second-order valence-electron chi connectivity index (χ2n) is 17.8. The van der Waals surface area contributed by atoms with Crippen molar-refractivity contribution in [2.45, 2.75) is 96.8 Å². The van der Waals surface area contributed by atoms with E-state index in [4.69, 9.17) is 26.7 Å². The van der Waals surface area contributed by atoms with Gasteiger partial charge in [-0.2, -0.15) is 5.26 Å². The first-order valence-electron chi connectivity index (χ1n) is 22.8. The number of nitrogens with two attached hydrogens (primary N) is 3. The molecule has 18 heteroatoms. The summed E-state index contributed by atoms with van der Waals surface area (Å²) in [6, 6.07) is 15.2. The van der Waals surface area contributed by atoms with Crippen LogP contribution in [0.4, 0.5) is 0 Å². The van der Waals surface area contributed by atoms with Crippen molar-refractivity contribution in [3.05, 3.63) is 94.3 Å². The number of nitriles is 1. The Morgan fingerprint density at radius 2 is 1.47 bits per heavy atom. The predicted molar refractivity (Wildman–Crippen MR) is 258 cm³/mol. The number of rotatable bonds is 17. The Balaban J connectivity index is 1.58. The molecule has 4 aromatic rings. The lowest BCUT2D eigenvalue weighted by Gasteiger charge is -2.32. The Labute approximate surface area is 398 Å². The molecular formula is C50H65N11O7. The van der Waals surface area contributed by atoms with Crippen molar-refractivity contribution in [1.29, 1.82) is 5.26 Å². The van der Waals surface area contributed by atoms with Crippen LogP contribution in [-0.4, -0.2) is 109 Å². The van der Waals surface area contributed by atoms with Crippen molar-refractivity contribution in [3.8, 4) is 40.1 Å². The Bertz CT molecular complexity index is 2480. The van der Waals surface area contributed by atoms with Gasteiger partial charge in [0.15, 0.2) is 5.82 Å². The number of hydrogen-bond acceptors (Lipinski definition) is 13. The lowest BCUT2D eigenvalue weighted by molar-refractivity contribution is -0.141. The number of likely N-dealkylation sites (N-methyl/N-ethyl adjacent to an activating group) is 1. The van der Waals surface area contributed by atoms with E-state index in [9.17, 15) is 29.2 Å². The summed E-state index contributed by atoms with van der Waals surface area (Å²) in [7, 11) is 1.43. The van der Waals surface area contributed by atoms with E-state index in [0.717, 1.165) is 11.1 Å². The Morgan fingerprint density at radius 1 is 0.868 bits per heavy atom. The minimum absolute atomic E-state index is 0.00191. The van der Waals surface area contributed by atoms with Crippen LogP contribution >= 0.6 is 0 Å². The van der Waals surface area contributed by atoms with Gasteiger partial charge < -0.3 is 52.8 Å². The number of carbonyl (C=O) groups is 5. The summed E-state index contributed by atoms with van der Waals surface area (Å²) in [6.45, 7) is 12.2. The first-order chi connectivity index (χ1) is 32.4. The molecule has 68 heavy (non-hydrogen) atoms. The molecule has 1 aliphatic heterocycles. The molecule has 0 aliphatic carbocycles. The third kappa shape index (κ3) is 12.9. The molecule has 0 saturated heterocycles. The first kappa shape index (κ1) is 52.0. The molecule has 362 valence electrons. The number of ether oxygens (including phenoxy) is 2. The van der Waals surface area contributed by atoms with E-state index in [1.165, 1.54) is 18.9 Å². The van der Waals surface area contributed by atoms with Gasteiger partial charge in [-0.05, 0) is 106 Å². The zero-order chi connectivity index (χ0) is 49.7. The number of amides is 5. The average Bonchev–Trinajstić information content (AvgIpc) is 3.30. The number of aromatic nitrogens is 2. The quantitative estimate of drug-likeness (QED) is 0.0593.